The summed E-state index contributed by atoms with van der Waals surface area (Å²) in [6.07, 6.45) is -1.80. The van der Waals surface area contributed by atoms with Gasteiger partial charge >= 0.3 is 29.8 Å². The summed E-state index contributed by atoms with van der Waals surface area (Å²) in [7, 11) is 1.27. The van der Waals surface area contributed by atoms with Gasteiger partial charge in [0.15, 0.2) is 0 Å². The van der Waals surface area contributed by atoms with E-state index in [1.807, 2.05) is 0 Å². The summed E-state index contributed by atoms with van der Waals surface area (Å²) in [4.78, 5) is 308. The quantitative estimate of drug-likeness (QED) is 0.0214. The maximum absolute atomic E-state index is 15.6. The van der Waals surface area contributed by atoms with Crippen LogP contribution < -0.4 is 74.9 Å². The second kappa shape index (κ2) is 57.0. The molecule has 4 bridgehead atoms. The van der Waals surface area contributed by atoms with Crippen molar-refractivity contribution in [2.75, 3.05) is 129 Å². The molecule has 2 fully saturated rings. The molecule has 49 nitrogen and oxygen atoms in total. The average molecular weight is 2110 g/mol. The van der Waals surface area contributed by atoms with Crippen LogP contribution >= 0.6 is 35.3 Å². The predicted octanol–water partition coefficient (Wildman–Crippen LogP) is -4.72. The van der Waals surface area contributed by atoms with Crippen LogP contribution in [0.4, 0.5) is 0 Å². The molecule has 4 aliphatic heterocycles. The molecule has 52 heteroatoms. The van der Waals surface area contributed by atoms with E-state index in [-0.39, 0.29) is 139 Å². The van der Waals surface area contributed by atoms with E-state index in [1.165, 1.54) is 32.7 Å². The molecule has 13 atom stereocenters. The number of likely N-dealkylation sites (N-methyl/N-ethyl adjacent to an activating group) is 1. The van der Waals surface area contributed by atoms with E-state index >= 15 is 14.4 Å². The Morgan fingerprint density at radius 1 is 0.483 bits per heavy atom. The Hall–Kier alpha value is -13.5. The van der Waals surface area contributed by atoms with Crippen LogP contribution in [-0.4, -0.2) is 402 Å². The van der Waals surface area contributed by atoms with Gasteiger partial charge in [0, 0.05) is 167 Å². The molecule has 147 heavy (non-hydrogen) atoms. The number of aliphatic hydroxyl groups is 1. The number of nitrogens with one attached hydrogen (secondary N) is 15. The number of amides is 16. The number of carboxylic acids is 5. The number of nitrogens with zero attached hydrogens (tertiary/aromatic N) is 6. The van der Waals surface area contributed by atoms with Crippen LogP contribution in [0, 0.1) is 11.8 Å². The summed E-state index contributed by atoms with van der Waals surface area (Å²) in [5, 5.41) is 95.1. The fraction of sp³-hybridized carbons (Fsp3) is 0.547. The zero-order valence-electron chi connectivity index (χ0n) is 82.6. The van der Waals surface area contributed by atoms with Gasteiger partial charge in [0.25, 0.3) is 0 Å². The van der Waals surface area contributed by atoms with Crippen molar-refractivity contribution in [2.45, 2.75) is 189 Å². The van der Waals surface area contributed by atoms with Crippen LogP contribution in [0.25, 0.3) is 21.8 Å². The minimum atomic E-state index is -2.02. The molecule has 0 radical (unpaired) electrons. The number of para-hydroxylation sites is 2. The molecular weight excluding hydrogens is 1980 g/mol. The Morgan fingerprint density at radius 2 is 0.959 bits per heavy atom. The third-order valence-electron chi connectivity index (χ3n) is 24.9. The van der Waals surface area contributed by atoms with Crippen LogP contribution in [0.3, 0.4) is 0 Å². The number of hydrogen-bond donors (Lipinski definition) is 22. The van der Waals surface area contributed by atoms with Crippen LogP contribution in [0.5, 0.6) is 0 Å². The zero-order valence-corrected chi connectivity index (χ0v) is 85.1. The minimum Gasteiger partial charge on any atom is -0.481 e. The highest BCUT2D eigenvalue weighted by Crippen LogP contribution is 2.29. The third-order valence-corrected chi connectivity index (χ3v) is 28.2. The highest BCUT2D eigenvalue weighted by atomic mass is 32.2. The summed E-state index contributed by atoms with van der Waals surface area (Å²) < 4.78 is 0. The molecule has 4 aliphatic rings. The molecule has 2 aromatic heterocycles. The predicted molar refractivity (Wildman–Crippen MR) is 537 cm³/mol. The van der Waals surface area contributed by atoms with Gasteiger partial charge in [-0.2, -0.15) is 35.3 Å². The highest BCUT2D eigenvalue weighted by Gasteiger charge is 2.43. The van der Waals surface area contributed by atoms with E-state index < -0.39 is 260 Å². The van der Waals surface area contributed by atoms with Gasteiger partial charge in [-0.1, -0.05) is 82.3 Å². The number of aliphatic carboxylic acids is 5. The number of H-pyrrole nitrogens is 2. The van der Waals surface area contributed by atoms with E-state index in [2.05, 4.69) is 79.1 Å². The molecule has 0 unspecified atom stereocenters. The number of rotatable bonds is 29. The monoisotopic (exact) mass is 2110 g/mol. The number of benzene rings is 3. The first kappa shape index (κ1) is 117. The lowest BCUT2D eigenvalue weighted by Gasteiger charge is -2.32. The number of carbonyl (C=O) groups excluding carboxylic acids is 16. The number of aromatic nitrogens is 2. The number of carbonyl (C=O) groups is 21. The fourth-order valence-corrected chi connectivity index (χ4v) is 20.0. The summed E-state index contributed by atoms with van der Waals surface area (Å²) >= 11 is 3.26. The Morgan fingerprint density at radius 3 is 1.47 bits per heavy atom. The fourth-order valence-electron chi connectivity index (χ4n) is 17.0. The molecule has 9 rings (SSSR count). The second-order valence-electron chi connectivity index (χ2n) is 37.3. The first-order valence-electron chi connectivity index (χ1n) is 48.1. The van der Waals surface area contributed by atoms with Crippen molar-refractivity contribution in [3.05, 3.63) is 107 Å². The van der Waals surface area contributed by atoms with Crippen LogP contribution in [0.1, 0.15) is 108 Å². The molecule has 0 spiro atoms. The van der Waals surface area contributed by atoms with Crippen molar-refractivity contribution in [2.24, 2.45) is 17.6 Å². The number of fused-ring (bicyclic) bond motifs is 8. The number of hydrogen-bond acceptors (Lipinski definition) is 29. The van der Waals surface area contributed by atoms with Gasteiger partial charge < -0.3 is 125 Å². The third kappa shape index (κ3) is 37.1. The Kier molecular flexibility index (Phi) is 45.3. The standard InChI is InChI=1S/C95H132N22O27S3/c1-51(2)81-93(142)105-67(36-77(125)126)86(135)100-39-72(119)102-65(34-58-37-98-62-15-10-8-13-60(58)62)88(137)110-82(52(3)4)95(144)117-22-12-17-71(117)92(141)106-68(84(96)133)48-145-45-55-31-56-33-57(32-55)47-147-50-70(91(140)111-83(54(6)118)94(143)103-64(18-19-76(123)124)87(136)108-69(49-146-46-56)90(139)104-66(89(138)109-81)35-59-38-99-63-16-11-9-14-61(59)63)107-85(134)53(5)101-74(121)40-112(7)75(122)20-21-97-73(120)41-113-23-25-114(42-78(127)128)27-29-116(44-80(131)132)30-28-115(26-24-113)43-79(129)130/h8-11,13-16,31-33,37-38,51-54,64-71,81-83,98-99,118H,12,17-30,34-36,39-50H2,1-7H3,(H2,96,133)(H,97,120)(H,100,135)(H,101,121)(H,102,119)(H,103,143)(H,104,139)(H,105,142)(H,106,141)(H,107,134)(H,108,136)(H,109,138)(H,110,137)(H,111,140)(H,123,124)(H,125,126)(H,127,128)(H,129,130)(H,131,132)/t53-,54+,64-,65-,66-,67-,68-,69-,70-,71-,81-,82-,83-/m0/s1. The largest absolute Gasteiger partial charge is 0.481 e. The molecule has 23 N–H and O–H groups in total. The lowest BCUT2D eigenvalue weighted by Crippen LogP contribution is -2.62. The van der Waals surface area contributed by atoms with Crippen molar-refractivity contribution >= 4 is 181 Å². The van der Waals surface area contributed by atoms with Crippen LogP contribution in [-0.2, 0) is 131 Å². The van der Waals surface area contributed by atoms with Crippen molar-refractivity contribution in [3.63, 3.8) is 0 Å². The average Bonchev–Trinajstić information content (AvgIpc) is 1.67. The number of aliphatic hydroxyl groups excluding tert-OH is 1. The molecule has 16 amide bonds. The lowest BCUT2D eigenvalue weighted by atomic mass is 9.99. The van der Waals surface area contributed by atoms with E-state index in [0.717, 1.165) is 47.1 Å². The van der Waals surface area contributed by atoms with Gasteiger partial charge in [-0.3, -0.25) is 120 Å². The SMILES string of the molecule is CC(C)[C@@H]1NC(=O)[C@H](Cc2c[nH]c3ccccc23)NC(=O)[C@@H]2CSCc3cc(cc(c3)CSC[C@H](NC(=O)[C@H](C)NC(=O)CN(C)C(=O)CCNC(=O)CN3CCN(CC(=O)O)CCN(CC(=O)O)CCN(CC(=O)O)CC3)C(=O)N[C@@H]([C@@H](C)O)C(=O)N[C@@H](CCC(=O)O)C(=O)N2)CSC[C@@H](C(N)=O)NC(=O)[C@@H]2CCCN2C(=O)[C@H](C(C)C)NC(=O)[C@H](Cc2c[nH]c3ccccc23)NC(=O)CNC(=O)[C@H](CC(=O)O)NC1=O. The normalized spacial score (nSPS) is 23.0. The molecule has 0 saturated carbocycles. The summed E-state index contributed by atoms with van der Waals surface area (Å²) in [6, 6.07) is -0.386. The van der Waals surface area contributed by atoms with Gasteiger partial charge in [0.05, 0.1) is 51.8 Å². The van der Waals surface area contributed by atoms with Gasteiger partial charge in [0.2, 0.25) is 94.5 Å². The number of carboxylic acid groups (broad SMARTS) is 5. The number of aromatic amines is 2. The van der Waals surface area contributed by atoms with Crippen molar-refractivity contribution in [1.29, 1.82) is 0 Å². The van der Waals surface area contributed by atoms with E-state index in [4.69, 9.17) is 5.73 Å². The maximum Gasteiger partial charge on any atom is 0.317 e. The van der Waals surface area contributed by atoms with Crippen molar-refractivity contribution in [3.8, 4) is 0 Å². The Balaban J connectivity index is 1.00. The van der Waals surface area contributed by atoms with Crippen molar-refractivity contribution < 1.29 is 131 Å². The van der Waals surface area contributed by atoms with Gasteiger partial charge in [-0.15, -0.1) is 0 Å². The highest BCUT2D eigenvalue weighted by molar-refractivity contribution is 7.99. The van der Waals surface area contributed by atoms with Crippen molar-refractivity contribution in [1.82, 2.24) is 108 Å². The minimum absolute atomic E-state index is 0.0118. The van der Waals surface area contributed by atoms with E-state index in [9.17, 15) is 117 Å². The lowest BCUT2D eigenvalue weighted by molar-refractivity contribution is -0.143. The number of thioether (sulfide) groups is 3. The topological polar surface area (TPSA) is 713 Å². The molecule has 5 aromatic rings. The van der Waals surface area contributed by atoms with Gasteiger partial charge in [0.1, 0.15) is 72.5 Å². The van der Waals surface area contributed by atoms with E-state index in [1.54, 1.807) is 113 Å². The number of nitrogens with two attached hydrogens (primary N) is 1. The summed E-state index contributed by atoms with van der Waals surface area (Å²) in [5.41, 5.74) is 9.89. The van der Waals surface area contributed by atoms with E-state index in [0.29, 0.717) is 56.0 Å². The van der Waals surface area contributed by atoms with Gasteiger partial charge in [-0.25, -0.2) is 0 Å². The molecular formula is C95H132N22O27S3. The Bertz CT molecular complexity index is 5560. The molecule has 0 aliphatic carbocycles. The maximum atomic E-state index is 15.6. The second-order valence-corrected chi connectivity index (χ2v) is 40.4. The molecule has 6 heterocycles. The zero-order chi connectivity index (χ0) is 108. The first-order valence-corrected chi connectivity index (χ1v) is 51.5. The molecule has 3 aromatic carbocycles. The summed E-state index contributed by atoms with van der Waals surface area (Å²) in [5.74, 6) is -24.4. The summed E-state index contributed by atoms with van der Waals surface area (Å²) in [6.45, 7) is 6.49. The van der Waals surface area contributed by atoms with Gasteiger partial charge in [-0.05, 0) is 84.9 Å². The molecule has 802 valence electrons. The van der Waals surface area contributed by atoms with Crippen LogP contribution in [0.2, 0.25) is 0 Å². The first-order chi connectivity index (χ1) is 69.8. The van der Waals surface area contributed by atoms with Crippen LogP contribution in [0.15, 0.2) is 79.1 Å². The Labute approximate surface area is 859 Å². The number of primary amides is 1. The molecule has 2 saturated heterocycles. The smallest absolute Gasteiger partial charge is 0.317 e.